The van der Waals surface area contributed by atoms with E-state index >= 15 is 0 Å². The minimum absolute atomic E-state index is 0.0503. The van der Waals surface area contributed by atoms with Crippen LogP contribution in [0.4, 0.5) is 10.1 Å². The molecule has 1 aromatic rings. The van der Waals surface area contributed by atoms with Gasteiger partial charge in [-0.25, -0.2) is 9.24 Å². The number of nitrogens with zero attached hydrogens (tertiary/aromatic N) is 1. The van der Waals surface area contributed by atoms with Gasteiger partial charge in [0.15, 0.2) is 0 Å². The monoisotopic (exact) mass is 177 g/mol. The van der Waals surface area contributed by atoms with Crippen molar-refractivity contribution < 1.29 is 9.13 Å². The molecule has 0 spiro atoms. The Morgan fingerprint density at radius 1 is 1.62 bits per heavy atom. The zero-order chi connectivity index (χ0) is 9.42. The summed E-state index contributed by atoms with van der Waals surface area (Å²) >= 11 is 0. The third-order valence-electron chi connectivity index (χ3n) is 2.21. The van der Waals surface area contributed by atoms with E-state index in [2.05, 4.69) is 4.85 Å². The lowest BCUT2D eigenvalue weighted by Gasteiger charge is -2.04. The first kappa shape index (κ1) is 8.21. The van der Waals surface area contributed by atoms with Crippen molar-refractivity contribution in [1.82, 2.24) is 0 Å². The highest BCUT2D eigenvalue weighted by atomic mass is 19.1. The Labute approximate surface area is 75.8 Å². The number of halogens is 1. The van der Waals surface area contributed by atoms with E-state index < -0.39 is 5.82 Å². The van der Waals surface area contributed by atoms with Crippen LogP contribution in [0.3, 0.4) is 0 Å². The van der Waals surface area contributed by atoms with E-state index in [9.17, 15) is 4.39 Å². The van der Waals surface area contributed by atoms with Crippen LogP contribution in [-0.2, 0) is 4.74 Å². The van der Waals surface area contributed by atoms with Crippen molar-refractivity contribution in [1.29, 1.82) is 0 Å². The second-order valence-corrected chi connectivity index (χ2v) is 3.05. The van der Waals surface area contributed by atoms with Gasteiger partial charge < -0.3 is 4.74 Å². The SMILES string of the molecule is [C-]#[N+]c1ccc(C2CO2)c(C)c1F. The molecule has 0 aliphatic carbocycles. The molecule has 1 aromatic carbocycles. The van der Waals surface area contributed by atoms with Gasteiger partial charge in [0.05, 0.1) is 13.2 Å². The van der Waals surface area contributed by atoms with Crippen LogP contribution in [0.1, 0.15) is 17.2 Å². The first-order valence-corrected chi connectivity index (χ1v) is 4.02. The molecule has 1 heterocycles. The summed E-state index contributed by atoms with van der Waals surface area (Å²) in [7, 11) is 0. The summed E-state index contributed by atoms with van der Waals surface area (Å²) in [6.45, 7) is 9.07. The molecular formula is C10H8FNO. The maximum absolute atomic E-state index is 13.4. The topological polar surface area (TPSA) is 16.9 Å². The minimum atomic E-state index is -0.414. The van der Waals surface area contributed by atoms with Crippen LogP contribution in [0, 0.1) is 19.3 Å². The molecule has 1 aliphatic heterocycles. The molecule has 0 N–H and O–H groups in total. The first-order chi connectivity index (χ1) is 6.24. The molecule has 1 saturated heterocycles. The van der Waals surface area contributed by atoms with Crippen LogP contribution in [0.2, 0.25) is 0 Å². The highest BCUT2D eigenvalue weighted by Crippen LogP contribution is 2.35. The maximum Gasteiger partial charge on any atom is 0.222 e. The first-order valence-electron chi connectivity index (χ1n) is 4.02. The second-order valence-electron chi connectivity index (χ2n) is 3.05. The van der Waals surface area contributed by atoms with Gasteiger partial charge in [-0.2, -0.15) is 0 Å². The summed E-state index contributed by atoms with van der Waals surface area (Å²) < 4.78 is 18.4. The summed E-state index contributed by atoms with van der Waals surface area (Å²) in [5, 5.41) is 0. The Morgan fingerprint density at radius 2 is 2.31 bits per heavy atom. The van der Waals surface area contributed by atoms with E-state index in [0.717, 1.165) is 5.56 Å². The third kappa shape index (κ3) is 1.30. The molecule has 0 amide bonds. The molecular weight excluding hydrogens is 169 g/mol. The van der Waals surface area contributed by atoms with Crippen molar-refractivity contribution in [3.8, 4) is 0 Å². The van der Waals surface area contributed by atoms with Crippen LogP contribution in [0.15, 0.2) is 12.1 Å². The molecule has 2 nitrogen and oxygen atoms in total. The van der Waals surface area contributed by atoms with Gasteiger partial charge in [-0.15, -0.1) is 0 Å². The largest absolute Gasteiger partial charge is 0.368 e. The summed E-state index contributed by atoms with van der Waals surface area (Å²) in [5.41, 5.74) is 1.49. The summed E-state index contributed by atoms with van der Waals surface area (Å²) in [6, 6.07) is 3.27. The molecule has 0 bridgehead atoms. The third-order valence-corrected chi connectivity index (χ3v) is 2.21. The Kier molecular flexibility index (Phi) is 1.78. The van der Waals surface area contributed by atoms with E-state index in [1.807, 2.05) is 0 Å². The van der Waals surface area contributed by atoms with Gasteiger partial charge in [-0.3, -0.25) is 0 Å². The molecule has 13 heavy (non-hydrogen) atoms. The van der Waals surface area contributed by atoms with E-state index in [-0.39, 0.29) is 11.8 Å². The minimum Gasteiger partial charge on any atom is -0.368 e. The number of hydrogen-bond acceptors (Lipinski definition) is 1. The lowest BCUT2D eigenvalue weighted by Crippen LogP contribution is -1.91. The lowest BCUT2D eigenvalue weighted by molar-refractivity contribution is 0.414. The van der Waals surface area contributed by atoms with Crippen LogP contribution >= 0.6 is 0 Å². The van der Waals surface area contributed by atoms with Crippen molar-refractivity contribution in [2.75, 3.05) is 6.61 Å². The number of rotatable bonds is 1. The molecule has 0 radical (unpaired) electrons. The van der Waals surface area contributed by atoms with Gasteiger partial charge in [0, 0.05) is 0 Å². The fourth-order valence-corrected chi connectivity index (χ4v) is 1.35. The van der Waals surface area contributed by atoms with Gasteiger partial charge in [0.25, 0.3) is 0 Å². The Balaban J connectivity index is 2.52. The smallest absolute Gasteiger partial charge is 0.222 e. The maximum atomic E-state index is 13.4. The lowest BCUT2D eigenvalue weighted by atomic mass is 10.0. The zero-order valence-corrected chi connectivity index (χ0v) is 7.17. The van der Waals surface area contributed by atoms with Crippen LogP contribution < -0.4 is 0 Å². The average molecular weight is 177 g/mol. The Bertz CT molecular complexity index is 391. The normalized spacial score (nSPS) is 19.6. The van der Waals surface area contributed by atoms with E-state index in [1.54, 1.807) is 13.0 Å². The fourth-order valence-electron chi connectivity index (χ4n) is 1.35. The van der Waals surface area contributed by atoms with E-state index in [0.29, 0.717) is 12.2 Å². The fraction of sp³-hybridized carbons (Fsp3) is 0.300. The molecule has 1 unspecified atom stereocenters. The summed E-state index contributed by atoms with van der Waals surface area (Å²) in [4.78, 5) is 3.09. The number of benzene rings is 1. The zero-order valence-electron chi connectivity index (χ0n) is 7.17. The van der Waals surface area contributed by atoms with Crippen molar-refractivity contribution in [2.45, 2.75) is 13.0 Å². The Hall–Kier alpha value is -1.40. The van der Waals surface area contributed by atoms with Crippen molar-refractivity contribution in [3.05, 3.63) is 40.5 Å². The summed E-state index contributed by atoms with van der Waals surface area (Å²) in [5.74, 6) is -0.414. The number of hydrogen-bond donors (Lipinski definition) is 0. The number of ether oxygens (including phenoxy) is 1. The van der Waals surface area contributed by atoms with Crippen molar-refractivity contribution in [2.24, 2.45) is 0 Å². The molecule has 3 heteroatoms. The second kappa shape index (κ2) is 2.82. The van der Waals surface area contributed by atoms with Gasteiger partial charge >= 0.3 is 0 Å². The van der Waals surface area contributed by atoms with Gasteiger partial charge in [0.2, 0.25) is 5.69 Å². The predicted molar refractivity (Wildman–Crippen MR) is 46.1 cm³/mol. The van der Waals surface area contributed by atoms with Crippen LogP contribution in [-0.4, -0.2) is 6.61 Å². The molecule has 1 fully saturated rings. The summed E-state index contributed by atoms with van der Waals surface area (Å²) in [6.07, 6.45) is 0.0503. The van der Waals surface area contributed by atoms with Crippen molar-refractivity contribution >= 4 is 5.69 Å². The van der Waals surface area contributed by atoms with Crippen LogP contribution in [0.5, 0.6) is 0 Å². The molecule has 66 valence electrons. The highest BCUT2D eigenvalue weighted by molar-refractivity contribution is 5.51. The van der Waals surface area contributed by atoms with Gasteiger partial charge in [0.1, 0.15) is 11.9 Å². The van der Waals surface area contributed by atoms with E-state index in [4.69, 9.17) is 11.3 Å². The average Bonchev–Trinajstić information content (AvgIpc) is 2.93. The van der Waals surface area contributed by atoms with Gasteiger partial charge in [-0.1, -0.05) is 12.1 Å². The molecule has 1 atom stereocenters. The number of epoxide rings is 1. The van der Waals surface area contributed by atoms with Gasteiger partial charge in [-0.05, 0) is 18.1 Å². The molecule has 0 saturated carbocycles. The Morgan fingerprint density at radius 3 is 2.85 bits per heavy atom. The molecule has 2 rings (SSSR count). The highest BCUT2D eigenvalue weighted by Gasteiger charge is 2.27. The standard InChI is InChI=1S/C10H8FNO/c1-6-7(9-5-13-9)3-4-8(12-2)10(6)11/h3-4,9H,5H2,1H3. The quantitative estimate of drug-likeness (QED) is 0.476. The van der Waals surface area contributed by atoms with E-state index in [1.165, 1.54) is 6.07 Å². The molecule has 0 aromatic heterocycles. The van der Waals surface area contributed by atoms with Crippen LogP contribution in [0.25, 0.3) is 4.85 Å². The van der Waals surface area contributed by atoms with Crippen molar-refractivity contribution in [3.63, 3.8) is 0 Å². The predicted octanol–water partition coefficient (Wildman–Crippen LogP) is 2.76. The molecule has 1 aliphatic rings.